The first-order valence-electron chi connectivity index (χ1n) is 7.83. The minimum absolute atomic E-state index is 0.0695. The predicted molar refractivity (Wildman–Crippen MR) is 85.6 cm³/mol. The van der Waals surface area contributed by atoms with Gasteiger partial charge in [0, 0.05) is 19.2 Å². The first-order valence-corrected chi connectivity index (χ1v) is 7.83. The molecule has 0 aromatic heterocycles. The fraction of sp³-hybridized carbons (Fsp3) is 0.500. The number of nitrogen functional groups attached to an aromatic ring is 1. The Bertz CT molecular complexity index is 747. The Morgan fingerprint density at radius 2 is 2.17 bits per heavy atom. The number of amides is 1. The average Bonchev–Trinajstić information content (AvgIpc) is 3.06. The van der Waals surface area contributed by atoms with Crippen molar-refractivity contribution >= 4 is 23.3 Å². The van der Waals surface area contributed by atoms with E-state index in [4.69, 9.17) is 5.73 Å². The van der Waals surface area contributed by atoms with Gasteiger partial charge in [-0.2, -0.15) is 0 Å². The lowest BCUT2D eigenvalue weighted by molar-refractivity contribution is -0.384. The molecule has 1 saturated heterocycles. The maximum Gasteiger partial charge on any atom is 0.311 e. The normalized spacial score (nSPS) is 25.5. The van der Waals surface area contributed by atoms with Crippen molar-refractivity contribution < 1.29 is 19.6 Å². The summed E-state index contributed by atoms with van der Waals surface area (Å²) in [6, 6.07) is 2.84. The molecule has 0 radical (unpaired) electrons. The van der Waals surface area contributed by atoms with Gasteiger partial charge in [-0.25, -0.2) is 0 Å². The number of nitro groups is 1. The van der Waals surface area contributed by atoms with Gasteiger partial charge >= 0.3 is 5.97 Å². The predicted octanol–water partition coefficient (Wildman–Crippen LogP) is 1.81. The van der Waals surface area contributed by atoms with Crippen LogP contribution >= 0.6 is 0 Å². The number of carbonyl (C=O) groups is 2. The summed E-state index contributed by atoms with van der Waals surface area (Å²) < 4.78 is 0. The van der Waals surface area contributed by atoms with Gasteiger partial charge in [0.25, 0.3) is 11.6 Å². The summed E-state index contributed by atoms with van der Waals surface area (Å²) in [5, 5.41) is 20.7. The number of anilines is 1. The number of carboxylic acids is 1. The Labute approximate surface area is 138 Å². The second-order valence-electron chi connectivity index (χ2n) is 6.74. The van der Waals surface area contributed by atoms with Gasteiger partial charge in [0.1, 0.15) is 5.69 Å². The number of carbonyl (C=O) groups excluding carboxylic acids is 1. The minimum Gasteiger partial charge on any atom is -0.481 e. The lowest BCUT2D eigenvalue weighted by Crippen LogP contribution is -2.37. The van der Waals surface area contributed by atoms with Crippen LogP contribution in [0.15, 0.2) is 12.1 Å². The number of likely N-dealkylation sites (tertiary alicyclic amines) is 1. The molecule has 1 saturated carbocycles. The van der Waals surface area contributed by atoms with Crippen LogP contribution in [0.4, 0.5) is 11.4 Å². The topological polar surface area (TPSA) is 127 Å². The highest BCUT2D eigenvalue weighted by atomic mass is 16.6. The molecule has 0 spiro atoms. The number of rotatable bonds is 3. The molecule has 24 heavy (non-hydrogen) atoms. The van der Waals surface area contributed by atoms with Gasteiger partial charge in [-0.05, 0) is 37.3 Å². The number of hydrogen-bond donors (Lipinski definition) is 2. The summed E-state index contributed by atoms with van der Waals surface area (Å²) in [5.41, 5.74) is 5.10. The maximum absolute atomic E-state index is 12.8. The van der Waals surface area contributed by atoms with Gasteiger partial charge in [0.2, 0.25) is 0 Å². The van der Waals surface area contributed by atoms with E-state index in [9.17, 15) is 24.8 Å². The third-order valence-corrected chi connectivity index (χ3v) is 5.31. The Balaban J connectivity index is 1.94. The van der Waals surface area contributed by atoms with Crippen LogP contribution in [0.2, 0.25) is 0 Å². The molecule has 2 fully saturated rings. The molecule has 1 aromatic carbocycles. The van der Waals surface area contributed by atoms with Crippen LogP contribution in [0.3, 0.4) is 0 Å². The number of benzene rings is 1. The minimum atomic E-state index is -0.889. The lowest BCUT2D eigenvalue weighted by atomic mass is 9.81. The molecule has 2 atom stereocenters. The molecule has 1 aromatic rings. The summed E-state index contributed by atoms with van der Waals surface area (Å²) in [6.07, 6.45) is 2.18. The van der Waals surface area contributed by atoms with Gasteiger partial charge in [-0.15, -0.1) is 0 Å². The summed E-state index contributed by atoms with van der Waals surface area (Å²) in [5.74, 6) is -1.38. The maximum atomic E-state index is 12.8. The van der Waals surface area contributed by atoms with Crippen molar-refractivity contribution in [3.8, 4) is 0 Å². The second kappa shape index (κ2) is 5.47. The summed E-state index contributed by atoms with van der Waals surface area (Å²) in [6.45, 7) is 2.14. The van der Waals surface area contributed by atoms with Crippen molar-refractivity contribution in [1.29, 1.82) is 0 Å². The van der Waals surface area contributed by atoms with E-state index in [1.165, 1.54) is 17.0 Å². The van der Waals surface area contributed by atoms with Crippen LogP contribution < -0.4 is 5.73 Å². The molecule has 2 aliphatic rings. The van der Waals surface area contributed by atoms with Crippen LogP contribution in [0.25, 0.3) is 0 Å². The van der Waals surface area contributed by atoms with Gasteiger partial charge in [-0.1, -0.05) is 6.42 Å². The summed E-state index contributed by atoms with van der Waals surface area (Å²) >= 11 is 0. The SMILES string of the molecule is Cc1cc(C(=O)N2C[C@@H]3CCC[C@@]3(C(=O)O)C2)c(N)c([N+](=O)[O-])c1. The zero-order chi connectivity index (χ0) is 17.6. The van der Waals surface area contributed by atoms with Crippen molar-refractivity contribution in [2.45, 2.75) is 26.2 Å². The Hall–Kier alpha value is -2.64. The van der Waals surface area contributed by atoms with Gasteiger partial charge < -0.3 is 15.7 Å². The third-order valence-electron chi connectivity index (χ3n) is 5.31. The first-order chi connectivity index (χ1) is 11.3. The van der Waals surface area contributed by atoms with Crippen LogP contribution in [-0.4, -0.2) is 39.9 Å². The van der Waals surface area contributed by atoms with Crippen molar-refractivity contribution in [3.63, 3.8) is 0 Å². The number of carboxylic acid groups (broad SMARTS) is 1. The van der Waals surface area contributed by atoms with Gasteiger partial charge in [-0.3, -0.25) is 19.7 Å². The molecule has 8 heteroatoms. The zero-order valence-corrected chi connectivity index (χ0v) is 13.3. The van der Waals surface area contributed by atoms with Crippen molar-refractivity contribution in [2.75, 3.05) is 18.8 Å². The smallest absolute Gasteiger partial charge is 0.311 e. The zero-order valence-electron chi connectivity index (χ0n) is 13.3. The number of fused-ring (bicyclic) bond motifs is 1. The number of hydrogen-bond acceptors (Lipinski definition) is 5. The van der Waals surface area contributed by atoms with E-state index in [2.05, 4.69) is 0 Å². The quantitative estimate of drug-likeness (QED) is 0.493. The molecule has 3 N–H and O–H groups in total. The molecule has 1 aliphatic heterocycles. The molecular formula is C16H19N3O5. The van der Waals surface area contributed by atoms with Crippen LogP contribution in [0.1, 0.15) is 35.2 Å². The monoisotopic (exact) mass is 333 g/mol. The average molecular weight is 333 g/mol. The van der Waals surface area contributed by atoms with Crippen molar-refractivity contribution in [3.05, 3.63) is 33.4 Å². The molecule has 8 nitrogen and oxygen atoms in total. The van der Waals surface area contributed by atoms with E-state index in [1.807, 2.05) is 0 Å². The van der Waals surface area contributed by atoms with Gasteiger partial charge in [0.15, 0.2) is 0 Å². The van der Waals surface area contributed by atoms with Crippen molar-refractivity contribution in [1.82, 2.24) is 4.90 Å². The van der Waals surface area contributed by atoms with E-state index in [0.29, 0.717) is 18.5 Å². The van der Waals surface area contributed by atoms with Crippen molar-refractivity contribution in [2.24, 2.45) is 11.3 Å². The molecule has 3 rings (SSSR count). The highest BCUT2D eigenvalue weighted by molar-refractivity contribution is 6.01. The molecule has 1 amide bonds. The van der Waals surface area contributed by atoms with E-state index in [1.54, 1.807) is 6.92 Å². The molecule has 128 valence electrons. The number of aryl methyl sites for hydroxylation is 1. The second-order valence-corrected chi connectivity index (χ2v) is 6.74. The standard InChI is InChI=1S/C16H19N3O5/c1-9-5-11(13(17)12(6-9)19(23)24)14(20)18-7-10-3-2-4-16(10,8-18)15(21)22/h5-6,10H,2-4,7-8,17H2,1H3,(H,21,22)/t10-,16+/m0/s1. The summed E-state index contributed by atoms with van der Waals surface area (Å²) in [7, 11) is 0. The third kappa shape index (κ3) is 2.29. The number of nitrogens with two attached hydrogens (primary N) is 1. The van der Waals surface area contributed by atoms with Crippen LogP contribution in [-0.2, 0) is 4.79 Å². The highest BCUT2D eigenvalue weighted by Gasteiger charge is 2.56. The Morgan fingerprint density at radius 1 is 1.46 bits per heavy atom. The lowest BCUT2D eigenvalue weighted by Gasteiger charge is -2.23. The van der Waals surface area contributed by atoms with E-state index in [0.717, 1.165) is 12.8 Å². The molecule has 1 aliphatic carbocycles. The van der Waals surface area contributed by atoms with E-state index < -0.39 is 22.2 Å². The Kier molecular flexibility index (Phi) is 3.70. The van der Waals surface area contributed by atoms with Gasteiger partial charge in [0.05, 0.1) is 15.9 Å². The number of aliphatic carboxylic acids is 1. The largest absolute Gasteiger partial charge is 0.481 e. The fourth-order valence-electron chi connectivity index (χ4n) is 4.07. The molecule has 1 heterocycles. The molecule has 0 bridgehead atoms. The summed E-state index contributed by atoms with van der Waals surface area (Å²) in [4.78, 5) is 36.5. The van der Waals surface area contributed by atoms with E-state index >= 15 is 0 Å². The van der Waals surface area contributed by atoms with Crippen LogP contribution in [0.5, 0.6) is 0 Å². The number of nitro benzene ring substituents is 1. The highest BCUT2D eigenvalue weighted by Crippen LogP contribution is 2.49. The number of nitrogens with zero attached hydrogens (tertiary/aromatic N) is 2. The molecule has 0 unspecified atom stereocenters. The molecular weight excluding hydrogens is 314 g/mol. The Morgan fingerprint density at radius 3 is 2.75 bits per heavy atom. The van der Waals surface area contributed by atoms with E-state index in [-0.39, 0.29) is 29.4 Å². The van der Waals surface area contributed by atoms with Crippen LogP contribution in [0, 0.1) is 28.4 Å². The fourth-order valence-corrected chi connectivity index (χ4v) is 4.07. The first kappa shape index (κ1) is 16.2.